The van der Waals surface area contributed by atoms with Crippen LogP contribution < -0.4 is 5.32 Å². The van der Waals surface area contributed by atoms with E-state index in [2.05, 4.69) is 5.32 Å². The number of hydrogen-bond acceptors (Lipinski definition) is 2. The number of nitrogens with one attached hydrogen (secondary N) is 1. The number of fused-ring (bicyclic) bond motifs is 1. The molecule has 1 amide bonds. The predicted octanol–water partition coefficient (Wildman–Crippen LogP) is 3.21. The molecule has 2 aliphatic rings. The molecule has 0 bridgehead atoms. The summed E-state index contributed by atoms with van der Waals surface area (Å²) >= 11 is 0. The summed E-state index contributed by atoms with van der Waals surface area (Å²) in [6.45, 7) is 0. The minimum absolute atomic E-state index is 0.0102. The summed E-state index contributed by atoms with van der Waals surface area (Å²) in [6.07, 6.45) is 5.06. The summed E-state index contributed by atoms with van der Waals surface area (Å²) in [7, 11) is 0. The Kier molecular flexibility index (Phi) is 4.64. The molecule has 4 nitrogen and oxygen atoms in total. The average molecular weight is 319 g/mol. The maximum absolute atomic E-state index is 13.3. The van der Waals surface area contributed by atoms with Crippen molar-refractivity contribution in [2.45, 2.75) is 51.0 Å². The van der Waals surface area contributed by atoms with Gasteiger partial charge in [-0.25, -0.2) is 4.39 Å². The third-order valence-electron chi connectivity index (χ3n) is 5.18. The number of halogens is 1. The minimum Gasteiger partial charge on any atom is -0.481 e. The molecule has 1 aromatic rings. The van der Waals surface area contributed by atoms with Crippen molar-refractivity contribution in [1.29, 1.82) is 0 Å². The van der Waals surface area contributed by atoms with Gasteiger partial charge in [-0.15, -0.1) is 0 Å². The SMILES string of the molecule is O=C(O)C1CCC(C(=O)NC2CCCc3cc(F)ccc32)CC1. The Bertz CT molecular complexity index is 608. The molecule has 2 aliphatic carbocycles. The maximum atomic E-state index is 13.3. The number of carbonyl (C=O) groups excluding carboxylic acids is 1. The van der Waals surface area contributed by atoms with Crippen LogP contribution in [0.25, 0.3) is 0 Å². The van der Waals surface area contributed by atoms with Gasteiger partial charge in [-0.1, -0.05) is 6.07 Å². The third kappa shape index (κ3) is 3.54. The monoisotopic (exact) mass is 319 g/mol. The minimum atomic E-state index is -0.757. The summed E-state index contributed by atoms with van der Waals surface area (Å²) in [5.74, 6) is -1.39. The zero-order chi connectivity index (χ0) is 16.4. The van der Waals surface area contributed by atoms with Gasteiger partial charge in [0.05, 0.1) is 12.0 Å². The van der Waals surface area contributed by atoms with E-state index >= 15 is 0 Å². The fourth-order valence-electron chi connectivity index (χ4n) is 3.82. The van der Waals surface area contributed by atoms with Crippen molar-refractivity contribution in [1.82, 2.24) is 5.32 Å². The summed E-state index contributed by atoms with van der Waals surface area (Å²) in [4.78, 5) is 23.5. The number of rotatable bonds is 3. The lowest BCUT2D eigenvalue weighted by atomic mass is 9.81. The lowest BCUT2D eigenvalue weighted by Crippen LogP contribution is -2.37. The highest BCUT2D eigenvalue weighted by molar-refractivity contribution is 5.80. The van der Waals surface area contributed by atoms with E-state index in [9.17, 15) is 14.0 Å². The standard InChI is InChI=1S/C18H22FNO3/c19-14-8-9-15-13(10-14)2-1-3-16(15)20-17(21)11-4-6-12(7-5-11)18(22)23/h8-12,16H,1-7H2,(H,20,21)(H,22,23). The topological polar surface area (TPSA) is 66.4 Å². The van der Waals surface area contributed by atoms with Crippen LogP contribution in [-0.2, 0) is 16.0 Å². The average Bonchev–Trinajstić information content (AvgIpc) is 2.54. The number of carbonyl (C=O) groups is 2. The Morgan fingerprint density at radius 1 is 1.09 bits per heavy atom. The van der Waals surface area contributed by atoms with Crippen molar-refractivity contribution < 1.29 is 19.1 Å². The van der Waals surface area contributed by atoms with Crippen LogP contribution in [0.5, 0.6) is 0 Å². The first-order valence-electron chi connectivity index (χ1n) is 8.36. The highest BCUT2D eigenvalue weighted by Gasteiger charge is 2.31. The van der Waals surface area contributed by atoms with Gasteiger partial charge in [0.25, 0.3) is 0 Å². The van der Waals surface area contributed by atoms with Crippen molar-refractivity contribution >= 4 is 11.9 Å². The van der Waals surface area contributed by atoms with Crippen molar-refractivity contribution in [2.75, 3.05) is 0 Å². The van der Waals surface area contributed by atoms with Crippen LogP contribution >= 0.6 is 0 Å². The van der Waals surface area contributed by atoms with Crippen molar-refractivity contribution in [3.8, 4) is 0 Å². The van der Waals surface area contributed by atoms with Crippen molar-refractivity contribution in [3.63, 3.8) is 0 Å². The molecule has 1 unspecified atom stereocenters. The second kappa shape index (κ2) is 6.69. The van der Waals surface area contributed by atoms with Gasteiger partial charge >= 0.3 is 5.97 Å². The zero-order valence-electron chi connectivity index (χ0n) is 13.1. The van der Waals surface area contributed by atoms with E-state index in [1.54, 1.807) is 12.1 Å². The van der Waals surface area contributed by atoms with Gasteiger partial charge in [0.2, 0.25) is 5.91 Å². The molecule has 0 spiro atoms. The summed E-state index contributed by atoms with van der Waals surface area (Å²) < 4.78 is 13.3. The first-order chi connectivity index (χ1) is 11.0. The molecule has 0 aromatic heterocycles. The number of amides is 1. The molecule has 2 N–H and O–H groups in total. The van der Waals surface area contributed by atoms with Gasteiger partial charge in [-0.3, -0.25) is 9.59 Å². The molecule has 5 heteroatoms. The third-order valence-corrected chi connectivity index (χ3v) is 5.18. The van der Waals surface area contributed by atoms with E-state index in [0.717, 1.165) is 30.4 Å². The molecular weight excluding hydrogens is 297 g/mol. The number of hydrogen-bond donors (Lipinski definition) is 2. The number of benzene rings is 1. The number of aliphatic carboxylic acids is 1. The van der Waals surface area contributed by atoms with Crippen LogP contribution in [-0.4, -0.2) is 17.0 Å². The molecule has 1 aromatic carbocycles. The van der Waals surface area contributed by atoms with Crippen LogP contribution in [0.2, 0.25) is 0 Å². The van der Waals surface area contributed by atoms with E-state index in [1.165, 1.54) is 6.07 Å². The molecule has 0 aliphatic heterocycles. The Morgan fingerprint density at radius 3 is 2.48 bits per heavy atom. The summed E-state index contributed by atoms with van der Waals surface area (Å²) in [6, 6.07) is 4.73. The van der Waals surface area contributed by atoms with Gasteiger partial charge in [-0.2, -0.15) is 0 Å². The molecule has 0 heterocycles. The lowest BCUT2D eigenvalue weighted by Gasteiger charge is -2.30. The van der Waals surface area contributed by atoms with Crippen LogP contribution in [0.15, 0.2) is 18.2 Å². The lowest BCUT2D eigenvalue weighted by molar-refractivity contribution is -0.144. The predicted molar refractivity (Wildman–Crippen MR) is 83.3 cm³/mol. The molecule has 124 valence electrons. The van der Waals surface area contributed by atoms with Gasteiger partial charge < -0.3 is 10.4 Å². The highest BCUT2D eigenvalue weighted by atomic mass is 19.1. The quantitative estimate of drug-likeness (QED) is 0.899. The van der Waals surface area contributed by atoms with E-state index in [-0.39, 0.29) is 29.6 Å². The number of carboxylic acids is 1. The van der Waals surface area contributed by atoms with Gasteiger partial charge in [0.1, 0.15) is 5.82 Å². The van der Waals surface area contributed by atoms with E-state index in [0.29, 0.717) is 25.7 Å². The number of aryl methyl sites for hydroxylation is 1. The molecule has 23 heavy (non-hydrogen) atoms. The largest absolute Gasteiger partial charge is 0.481 e. The van der Waals surface area contributed by atoms with Gasteiger partial charge in [0, 0.05) is 5.92 Å². The van der Waals surface area contributed by atoms with Crippen LogP contribution in [0.1, 0.15) is 55.7 Å². The fraction of sp³-hybridized carbons (Fsp3) is 0.556. The van der Waals surface area contributed by atoms with Gasteiger partial charge in [-0.05, 0) is 68.2 Å². The summed E-state index contributed by atoms with van der Waals surface area (Å²) in [5, 5.41) is 12.1. The van der Waals surface area contributed by atoms with Crippen LogP contribution in [0.3, 0.4) is 0 Å². The normalized spacial score (nSPS) is 27.1. The van der Waals surface area contributed by atoms with Gasteiger partial charge in [0.15, 0.2) is 0 Å². The molecule has 1 fully saturated rings. The number of carboxylic acid groups (broad SMARTS) is 1. The van der Waals surface area contributed by atoms with E-state index in [1.807, 2.05) is 0 Å². The smallest absolute Gasteiger partial charge is 0.306 e. The Hall–Kier alpha value is -1.91. The highest BCUT2D eigenvalue weighted by Crippen LogP contribution is 2.33. The zero-order valence-corrected chi connectivity index (χ0v) is 13.1. The first kappa shape index (κ1) is 16.0. The maximum Gasteiger partial charge on any atom is 0.306 e. The Labute approximate surface area is 135 Å². The molecule has 1 saturated carbocycles. The molecule has 0 saturated heterocycles. The van der Waals surface area contributed by atoms with E-state index < -0.39 is 5.97 Å². The van der Waals surface area contributed by atoms with E-state index in [4.69, 9.17) is 5.11 Å². The molecule has 0 radical (unpaired) electrons. The second-order valence-electron chi connectivity index (χ2n) is 6.68. The summed E-state index contributed by atoms with van der Waals surface area (Å²) in [5.41, 5.74) is 2.00. The first-order valence-corrected chi connectivity index (χ1v) is 8.36. The molecule has 1 atom stereocenters. The Morgan fingerprint density at radius 2 is 1.78 bits per heavy atom. The fourth-order valence-corrected chi connectivity index (χ4v) is 3.82. The van der Waals surface area contributed by atoms with Crippen molar-refractivity contribution in [3.05, 3.63) is 35.1 Å². The molecular formula is C18H22FNO3. The van der Waals surface area contributed by atoms with Crippen LogP contribution in [0, 0.1) is 17.7 Å². The second-order valence-corrected chi connectivity index (χ2v) is 6.68. The molecule has 3 rings (SSSR count). The van der Waals surface area contributed by atoms with Crippen molar-refractivity contribution in [2.24, 2.45) is 11.8 Å². The van der Waals surface area contributed by atoms with Crippen LogP contribution in [0.4, 0.5) is 4.39 Å². The Balaban J connectivity index is 1.62.